The molecule has 0 radical (unpaired) electrons. The molecular formula is C12H17N5O8S2. The number of hydrogen-bond donors (Lipinski definition) is 2. The van der Waals surface area contributed by atoms with E-state index in [0.29, 0.717) is 0 Å². The normalized spacial score (nSPS) is 26.6. The summed E-state index contributed by atoms with van der Waals surface area (Å²) in [7, 11) is -8.06. The fraction of sp³-hybridized carbons (Fsp3) is 0.583. The summed E-state index contributed by atoms with van der Waals surface area (Å²) in [5.74, 6) is 0.0833. The third kappa shape index (κ3) is 4.17. The summed E-state index contributed by atoms with van der Waals surface area (Å²) in [6.45, 7) is -0.649. The smallest absolute Gasteiger partial charge is 0.264 e. The quantitative estimate of drug-likeness (QED) is 0.487. The molecule has 0 aromatic carbocycles. The van der Waals surface area contributed by atoms with Crippen molar-refractivity contribution in [2.75, 3.05) is 24.9 Å². The topological polar surface area (TPSA) is 186 Å². The van der Waals surface area contributed by atoms with Gasteiger partial charge in [-0.1, -0.05) is 0 Å². The van der Waals surface area contributed by atoms with E-state index in [1.807, 2.05) is 0 Å². The van der Waals surface area contributed by atoms with E-state index in [-0.39, 0.29) is 17.0 Å². The number of nitrogen functional groups attached to an aromatic ring is 1. The number of anilines is 1. The Morgan fingerprint density at radius 2 is 1.78 bits per heavy atom. The maximum Gasteiger partial charge on any atom is 0.264 e. The van der Waals surface area contributed by atoms with Crippen molar-refractivity contribution in [2.24, 2.45) is 0 Å². The van der Waals surface area contributed by atoms with Gasteiger partial charge in [-0.05, 0) is 0 Å². The Bertz CT molecular complexity index is 1050. The van der Waals surface area contributed by atoms with Crippen molar-refractivity contribution in [3.05, 3.63) is 12.7 Å². The molecule has 0 unspecified atom stereocenters. The summed E-state index contributed by atoms with van der Waals surface area (Å²) in [6.07, 6.45) is -1.27. The Morgan fingerprint density at radius 1 is 1.15 bits per heavy atom. The number of nitrogens with two attached hydrogens (primary N) is 1. The number of rotatable bonds is 6. The fourth-order valence-electron chi connectivity index (χ4n) is 2.76. The van der Waals surface area contributed by atoms with E-state index in [2.05, 4.69) is 15.0 Å². The second kappa shape index (κ2) is 6.92. The molecule has 0 saturated carbocycles. The van der Waals surface area contributed by atoms with Crippen molar-refractivity contribution >= 4 is 37.2 Å². The number of fused-ring (bicyclic) bond motifs is 1. The van der Waals surface area contributed by atoms with E-state index in [4.69, 9.17) is 18.8 Å². The zero-order valence-corrected chi connectivity index (χ0v) is 15.8. The summed E-state index contributed by atoms with van der Waals surface area (Å²) in [6, 6.07) is 0. The standard InChI is InChI=1S/C12H17N5O8S2/c1-26(19,20)24-8-6(3-18)23-12(9(8)25-27(2,21)22)17-5-16-7-10(13)14-4-15-11(7)17/h4-6,8-9,12,18H,3H2,1-2H3,(H2,13,14,15)/t6-,8-,9-,12-/m1/s1. The van der Waals surface area contributed by atoms with Crippen LogP contribution >= 0.6 is 0 Å². The number of ether oxygens (including phenoxy) is 1. The molecule has 1 fully saturated rings. The lowest BCUT2D eigenvalue weighted by Crippen LogP contribution is -2.40. The molecule has 3 rings (SSSR count). The molecule has 1 aliphatic rings. The van der Waals surface area contributed by atoms with Crippen molar-refractivity contribution in [3.63, 3.8) is 0 Å². The van der Waals surface area contributed by atoms with Gasteiger partial charge in [0.15, 0.2) is 23.8 Å². The minimum Gasteiger partial charge on any atom is -0.394 e. The second-order valence-corrected chi connectivity index (χ2v) is 9.06. The molecule has 2 aromatic heterocycles. The molecule has 0 aliphatic carbocycles. The van der Waals surface area contributed by atoms with E-state index >= 15 is 0 Å². The van der Waals surface area contributed by atoms with Crippen LogP contribution in [0, 0.1) is 0 Å². The lowest BCUT2D eigenvalue weighted by molar-refractivity contribution is -0.0465. The summed E-state index contributed by atoms with van der Waals surface area (Å²) in [5.41, 5.74) is 6.16. The minimum absolute atomic E-state index is 0.0833. The molecule has 1 aliphatic heterocycles. The van der Waals surface area contributed by atoms with Gasteiger partial charge in [-0.3, -0.25) is 12.9 Å². The molecular weight excluding hydrogens is 406 g/mol. The van der Waals surface area contributed by atoms with E-state index < -0.39 is 51.4 Å². The van der Waals surface area contributed by atoms with Gasteiger partial charge in [0.05, 0.1) is 25.4 Å². The monoisotopic (exact) mass is 423 g/mol. The van der Waals surface area contributed by atoms with Crippen LogP contribution in [-0.4, -0.2) is 78.9 Å². The molecule has 2 aromatic rings. The van der Waals surface area contributed by atoms with E-state index in [0.717, 1.165) is 12.5 Å². The van der Waals surface area contributed by atoms with Crippen molar-refractivity contribution in [2.45, 2.75) is 24.5 Å². The Hall–Kier alpha value is -1.91. The van der Waals surface area contributed by atoms with Crippen LogP contribution in [0.4, 0.5) is 5.82 Å². The molecule has 0 bridgehead atoms. The highest BCUT2D eigenvalue weighted by molar-refractivity contribution is 7.86. The highest BCUT2D eigenvalue weighted by Gasteiger charge is 2.50. The Kier molecular flexibility index (Phi) is 5.08. The molecule has 15 heteroatoms. The van der Waals surface area contributed by atoms with Crippen LogP contribution in [0.25, 0.3) is 11.2 Å². The first-order valence-corrected chi connectivity index (χ1v) is 11.1. The molecule has 3 heterocycles. The molecule has 13 nitrogen and oxygen atoms in total. The number of imidazole rings is 1. The molecule has 3 N–H and O–H groups in total. The van der Waals surface area contributed by atoms with Gasteiger partial charge >= 0.3 is 0 Å². The van der Waals surface area contributed by atoms with Crippen LogP contribution in [0.15, 0.2) is 12.7 Å². The summed E-state index contributed by atoms with van der Waals surface area (Å²) in [5, 5.41) is 9.55. The highest BCUT2D eigenvalue weighted by atomic mass is 32.2. The fourth-order valence-corrected chi connectivity index (χ4v) is 4.00. The number of aromatic nitrogens is 4. The third-order valence-electron chi connectivity index (χ3n) is 3.70. The van der Waals surface area contributed by atoms with E-state index in [1.54, 1.807) is 0 Å². The van der Waals surface area contributed by atoms with Crippen molar-refractivity contribution in [3.8, 4) is 0 Å². The predicted octanol–water partition coefficient (Wildman–Crippen LogP) is -2.01. The highest BCUT2D eigenvalue weighted by Crippen LogP contribution is 2.36. The van der Waals surface area contributed by atoms with Gasteiger partial charge in [-0.2, -0.15) is 16.8 Å². The first-order chi connectivity index (χ1) is 12.5. The summed E-state index contributed by atoms with van der Waals surface area (Å²) in [4.78, 5) is 11.9. The zero-order valence-electron chi connectivity index (χ0n) is 14.2. The first-order valence-electron chi connectivity index (χ1n) is 7.46. The van der Waals surface area contributed by atoms with E-state index in [9.17, 15) is 21.9 Å². The van der Waals surface area contributed by atoms with Crippen LogP contribution in [-0.2, 0) is 33.3 Å². The van der Waals surface area contributed by atoms with Crippen LogP contribution in [0.1, 0.15) is 6.23 Å². The molecule has 4 atom stereocenters. The van der Waals surface area contributed by atoms with Gasteiger partial charge in [0.1, 0.15) is 24.1 Å². The van der Waals surface area contributed by atoms with Gasteiger partial charge < -0.3 is 15.6 Å². The Balaban J connectivity index is 2.10. The lowest BCUT2D eigenvalue weighted by Gasteiger charge is -2.22. The van der Waals surface area contributed by atoms with Gasteiger partial charge in [0.2, 0.25) is 0 Å². The number of hydrogen-bond acceptors (Lipinski definition) is 12. The van der Waals surface area contributed by atoms with Crippen LogP contribution in [0.3, 0.4) is 0 Å². The minimum atomic E-state index is -4.04. The van der Waals surface area contributed by atoms with Crippen molar-refractivity contribution < 1.29 is 35.0 Å². The average molecular weight is 423 g/mol. The van der Waals surface area contributed by atoms with Gasteiger partial charge in [0.25, 0.3) is 20.2 Å². The van der Waals surface area contributed by atoms with Gasteiger partial charge in [-0.25, -0.2) is 15.0 Å². The van der Waals surface area contributed by atoms with Crippen LogP contribution < -0.4 is 5.73 Å². The zero-order chi connectivity index (χ0) is 20.0. The number of aliphatic hydroxyl groups is 1. The molecule has 150 valence electrons. The van der Waals surface area contributed by atoms with Gasteiger partial charge in [-0.15, -0.1) is 0 Å². The van der Waals surface area contributed by atoms with Gasteiger partial charge in [0, 0.05) is 0 Å². The molecule has 0 amide bonds. The molecule has 1 saturated heterocycles. The van der Waals surface area contributed by atoms with Crippen molar-refractivity contribution in [1.29, 1.82) is 0 Å². The average Bonchev–Trinajstić information content (AvgIpc) is 3.08. The Morgan fingerprint density at radius 3 is 2.37 bits per heavy atom. The number of aliphatic hydroxyl groups excluding tert-OH is 1. The van der Waals surface area contributed by atoms with Crippen LogP contribution in [0.5, 0.6) is 0 Å². The first kappa shape index (κ1) is 19.8. The third-order valence-corrected chi connectivity index (χ3v) is 4.84. The van der Waals surface area contributed by atoms with Crippen LogP contribution in [0.2, 0.25) is 0 Å². The summed E-state index contributed by atoms with van der Waals surface area (Å²) < 4.78 is 63.5. The predicted molar refractivity (Wildman–Crippen MR) is 90.2 cm³/mol. The maximum absolute atomic E-state index is 11.7. The second-order valence-electron chi connectivity index (χ2n) is 5.86. The number of nitrogens with zero attached hydrogens (tertiary/aromatic N) is 4. The lowest BCUT2D eigenvalue weighted by atomic mass is 10.1. The maximum atomic E-state index is 11.7. The summed E-state index contributed by atoms with van der Waals surface area (Å²) >= 11 is 0. The molecule has 27 heavy (non-hydrogen) atoms. The molecule has 0 spiro atoms. The Labute approximate surface area is 154 Å². The SMILES string of the molecule is CS(=O)(=O)O[C@@H]1[C@H](OS(C)(=O)=O)[C@@H](CO)O[C@H]1n1cnc2c(N)ncnc21. The van der Waals surface area contributed by atoms with Crippen molar-refractivity contribution in [1.82, 2.24) is 19.5 Å². The largest absolute Gasteiger partial charge is 0.394 e. The van der Waals surface area contributed by atoms with E-state index in [1.165, 1.54) is 17.2 Å².